The van der Waals surface area contributed by atoms with Crippen LogP contribution < -0.4 is 19.5 Å². The summed E-state index contributed by atoms with van der Waals surface area (Å²) in [5.74, 6) is 0.175. The van der Waals surface area contributed by atoms with Gasteiger partial charge < -0.3 is 29.6 Å². The molecule has 2 heterocycles. The molecule has 9 heteroatoms. The Kier molecular flexibility index (Phi) is 4.38. The molecular weight excluding hydrogens is 330 g/mol. The van der Waals surface area contributed by atoms with Crippen LogP contribution in [-0.4, -0.2) is 28.7 Å². The molecule has 130 valence electrons. The number of fused-ring (bicyclic) bond motifs is 1. The minimum absolute atomic E-state index is 0.0658. The number of amides is 1. The molecule has 0 unspecified atom stereocenters. The van der Waals surface area contributed by atoms with E-state index >= 15 is 0 Å². The Morgan fingerprint density at radius 2 is 2.08 bits per heavy atom. The number of aromatic nitrogens is 1. The van der Waals surface area contributed by atoms with Crippen LogP contribution in [0.2, 0.25) is 0 Å². The number of pyridine rings is 1. The van der Waals surface area contributed by atoms with E-state index in [2.05, 4.69) is 10.3 Å². The largest absolute Gasteiger partial charge is 0.473 e. The summed E-state index contributed by atoms with van der Waals surface area (Å²) < 4.78 is 15.9. The van der Waals surface area contributed by atoms with Gasteiger partial charge in [0.25, 0.3) is 5.91 Å². The highest BCUT2D eigenvalue weighted by molar-refractivity contribution is 5.94. The number of carbonyl (C=O) groups excluding carboxylic acids is 1. The van der Waals surface area contributed by atoms with Gasteiger partial charge in [-0.1, -0.05) is 0 Å². The maximum Gasteiger partial charge on any atom is 0.406 e. The molecule has 1 atom stereocenters. The third kappa shape index (κ3) is 3.60. The quantitative estimate of drug-likeness (QED) is 0.654. The van der Waals surface area contributed by atoms with Crippen LogP contribution in [0.1, 0.15) is 12.6 Å². The molecule has 25 heavy (non-hydrogen) atoms. The molecule has 0 saturated heterocycles. The predicted octanol–water partition coefficient (Wildman–Crippen LogP) is 2.43. The molecule has 0 spiro atoms. The third-order valence-corrected chi connectivity index (χ3v) is 3.46. The van der Waals surface area contributed by atoms with Crippen molar-refractivity contribution < 1.29 is 23.9 Å². The second-order valence-corrected chi connectivity index (χ2v) is 5.35. The molecule has 0 fully saturated rings. The first-order valence-electron chi connectivity index (χ1n) is 7.43. The molecule has 1 aliphatic rings. The number of anilines is 1. The fourth-order valence-corrected chi connectivity index (χ4v) is 2.22. The summed E-state index contributed by atoms with van der Waals surface area (Å²) >= 11 is 0. The zero-order valence-corrected chi connectivity index (χ0v) is 13.5. The second-order valence-electron chi connectivity index (χ2n) is 5.35. The first-order chi connectivity index (χ1) is 11.9. The summed E-state index contributed by atoms with van der Waals surface area (Å²) in [5, 5.41) is 13.7. The first kappa shape index (κ1) is 16.5. The molecular formula is C16H15N3O6. The van der Waals surface area contributed by atoms with Crippen molar-refractivity contribution in [2.75, 3.05) is 12.1 Å². The van der Waals surface area contributed by atoms with Gasteiger partial charge in [0.1, 0.15) is 5.69 Å². The zero-order valence-electron chi connectivity index (χ0n) is 13.5. The number of carbonyl (C=O) groups is 1. The smallest absolute Gasteiger partial charge is 0.406 e. The number of ether oxygens (including phenoxy) is 3. The molecule has 3 rings (SSSR count). The molecule has 1 aromatic carbocycles. The van der Waals surface area contributed by atoms with E-state index in [-0.39, 0.29) is 12.5 Å². The Morgan fingerprint density at radius 3 is 2.84 bits per heavy atom. The van der Waals surface area contributed by atoms with Gasteiger partial charge in [0, 0.05) is 18.7 Å². The minimum atomic E-state index is -0.964. The highest BCUT2D eigenvalue weighted by Crippen LogP contribution is 2.34. The van der Waals surface area contributed by atoms with Crippen molar-refractivity contribution >= 4 is 17.4 Å². The van der Waals surface area contributed by atoms with E-state index in [1.54, 1.807) is 31.2 Å². The topological polar surface area (TPSA) is 113 Å². The van der Waals surface area contributed by atoms with Crippen LogP contribution in [0.15, 0.2) is 30.3 Å². The fourth-order valence-electron chi connectivity index (χ4n) is 2.22. The lowest BCUT2D eigenvalue weighted by atomic mass is 10.2. The summed E-state index contributed by atoms with van der Waals surface area (Å²) in [6.07, 6.45) is -0.964. The van der Waals surface area contributed by atoms with E-state index in [9.17, 15) is 14.9 Å². The summed E-state index contributed by atoms with van der Waals surface area (Å²) in [5.41, 5.74) is 0.984. The highest BCUT2D eigenvalue weighted by atomic mass is 16.7. The summed E-state index contributed by atoms with van der Waals surface area (Å²) in [6, 6.07) is 7.96. The monoisotopic (exact) mass is 345 g/mol. The average molecular weight is 345 g/mol. The summed E-state index contributed by atoms with van der Waals surface area (Å²) in [6.45, 7) is 3.26. The van der Waals surface area contributed by atoms with Gasteiger partial charge in [-0.3, -0.25) is 4.79 Å². The van der Waals surface area contributed by atoms with E-state index in [1.807, 2.05) is 0 Å². The van der Waals surface area contributed by atoms with Gasteiger partial charge in [-0.2, -0.15) is 0 Å². The number of rotatable bonds is 5. The van der Waals surface area contributed by atoms with Crippen molar-refractivity contribution in [2.45, 2.75) is 20.0 Å². The standard InChI is InChI=1S/C16H15N3O6/c1-9-3-5-13(15(17-9)19(21)22)25-10(2)16(20)18-11-4-6-12-14(7-11)24-8-23-12/h3-7,10H,8H2,1-2H3,(H,18,20)/t10-/m1/s1. The van der Waals surface area contributed by atoms with Gasteiger partial charge in [-0.25, -0.2) is 0 Å². The minimum Gasteiger partial charge on any atom is -0.473 e. The third-order valence-electron chi connectivity index (χ3n) is 3.46. The lowest BCUT2D eigenvalue weighted by Gasteiger charge is -2.14. The van der Waals surface area contributed by atoms with Crippen LogP contribution in [0.25, 0.3) is 0 Å². The Morgan fingerprint density at radius 1 is 1.32 bits per heavy atom. The van der Waals surface area contributed by atoms with Gasteiger partial charge in [-0.05, 0) is 41.1 Å². The number of nitrogens with one attached hydrogen (secondary N) is 1. The highest BCUT2D eigenvalue weighted by Gasteiger charge is 2.23. The second kappa shape index (κ2) is 6.63. The van der Waals surface area contributed by atoms with Crippen LogP contribution in [0, 0.1) is 17.0 Å². The summed E-state index contributed by atoms with van der Waals surface area (Å²) in [4.78, 5) is 26.5. The number of benzene rings is 1. The van der Waals surface area contributed by atoms with Crippen molar-refractivity contribution in [3.8, 4) is 17.2 Å². The molecule has 0 radical (unpaired) electrons. The predicted molar refractivity (Wildman–Crippen MR) is 86.9 cm³/mol. The van der Waals surface area contributed by atoms with Crippen molar-refractivity contribution in [1.82, 2.24) is 4.98 Å². The van der Waals surface area contributed by atoms with Crippen molar-refractivity contribution in [3.63, 3.8) is 0 Å². The van der Waals surface area contributed by atoms with Crippen LogP contribution >= 0.6 is 0 Å². The van der Waals surface area contributed by atoms with Gasteiger partial charge in [-0.15, -0.1) is 0 Å². The van der Waals surface area contributed by atoms with Gasteiger partial charge in [0.2, 0.25) is 12.5 Å². The van der Waals surface area contributed by atoms with Gasteiger partial charge >= 0.3 is 5.82 Å². The maximum absolute atomic E-state index is 12.3. The van der Waals surface area contributed by atoms with E-state index in [0.717, 1.165) is 0 Å². The SMILES string of the molecule is Cc1ccc(O[C@H](C)C(=O)Nc2ccc3c(c2)OCO3)c([N+](=O)[O-])n1. The molecule has 1 aliphatic heterocycles. The molecule has 9 nitrogen and oxygen atoms in total. The van der Waals surface area contributed by atoms with Crippen molar-refractivity contribution in [2.24, 2.45) is 0 Å². The van der Waals surface area contributed by atoms with E-state index in [4.69, 9.17) is 14.2 Å². The lowest BCUT2D eigenvalue weighted by molar-refractivity contribution is -0.390. The van der Waals surface area contributed by atoms with Crippen LogP contribution in [0.4, 0.5) is 11.5 Å². The Balaban J connectivity index is 1.70. The summed E-state index contributed by atoms with van der Waals surface area (Å²) in [7, 11) is 0. The first-order valence-corrected chi connectivity index (χ1v) is 7.43. The zero-order chi connectivity index (χ0) is 18.0. The normalized spacial score (nSPS) is 13.2. The molecule has 0 saturated carbocycles. The van der Waals surface area contributed by atoms with Gasteiger partial charge in [0.15, 0.2) is 17.6 Å². The van der Waals surface area contributed by atoms with E-state index in [0.29, 0.717) is 22.9 Å². The Bertz CT molecular complexity index is 839. The number of hydrogen-bond acceptors (Lipinski definition) is 7. The molecule has 0 aliphatic carbocycles. The van der Waals surface area contributed by atoms with Crippen LogP contribution in [0.5, 0.6) is 17.2 Å². The molecule has 1 aromatic heterocycles. The molecule has 0 bridgehead atoms. The lowest BCUT2D eigenvalue weighted by Crippen LogP contribution is -2.30. The number of hydrogen-bond donors (Lipinski definition) is 1. The van der Waals surface area contributed by atoms with Gasteiger partial charge in [0.05, 0.1) is 0 Å². The van der Waals surface area contributed by atoms with Crippen LogP contribution in [-0.2, 0) is 4.79 Å². The Labute approximate surface area is 142 Å². The van der Waals surface area contributed by atoms with E-state index in [1.165, 1.54) is 13.0 Å². The number of aryl methyl sites for hydroxylation is 1. The molecule has 1 amide bonds. The fraction of sp³-hybridized carbons (Fsp3) is 0.250. The van der Waals surface area contributed by atoms with E-state index < -0.39 is 22.8 Å². The molecule has 2 aromatic rings. The van der Waals surface area contributed by atoms with Crippen LogP contribution in [0.3, 0.4) is 0 Å². The molecule has 1 N–H and O–H groups in total. The maximum atomic E-state index is 12.3. The number of nitro groups is 1. The number of nitrogens with zero attached hydrogens (tertiary/aromatic N) is 2. The van der Waals surface area contributed by atoms with Crippen molar-refractivity contribution in [1.29, 1.82) is 0 Å². The Hall–Kier alpha value is -3.36. The average Bonchev–Trinajstić information content (AvgIpc) is 3.03. The van der Waals surface area contributed by atoms with Crippen molar-refractivity contribution in [3.05, 3.63) is 46.1 Å².